The van der Waals surface area contributed by atoms with Gasteiger partial charge in [-0.25, -0.2) is 0 Å². The number of hydrogen-bond donors (Lipinski definition) is 1. The normalized spacial score (nSPS) is 9.82. The molecule has 1 N–H and O–H groups in total. The topological polar surface area (TPSA) is 12.0 Å². The Bertz CT molecular complexity index is 185. The quantitative estimate of drug-likeness (QED) is 0.197. The van der Waals surface area contributed by atoms with E-state index in [0.717, 1.165) is 0 Å². The van der Waals surface area contributed by atoms with Gasteiger partial charge in [0.1, 0.15) is 0 Å². The van der Waals surface area contributed by atoms with E-state index >= 15 is 0 Å². The van der Waals surface area contributed by atoms with Gasteiger partial charge in [0.2, 0.25) is 0 Å². The molecule has 1 nitrogen and oxygen atoms in total. The molecule has 0 aromatic carbocycles. The number of hydrogen-bond acceptors (Lipinski definition) is 1. The zero-order valence-electron chi connectivity index (χ0n) is 19.8. The molecule has 0 bridgehead atoms. The summed E-state index contributed by atoms with van der Waals surface area (Å²) in [5.74, 6) is 0. The molecule has 0 aliphatic carbocycles. The Balaban J connectivity index is -0.000000108. The minimum atomic E-state index is 0. The first-order chi connectivity index (χ1) is 9.27. The Kier molecular flexibility index (Phi) is 43.8. The number of nitrogens with one attached hydrogen (secondary N) is 1. The Labute approximate surface area is 213 Å². The van der Waals surface area contributed by atoms with Crippen molar-refractivity contribution in [3.8, 4) is 0 Å². The summed E-state index contributed by atoms with van der Waals surface area (Å²) in [6.07, 6.45) is 18.8. The molecular formula is C17H41NNa3P. The summed E-state index contributed by atoms with van der Waals surface area (Å²) >= 11 is 0. The molecule has 122 valence electrons. The van der Waals surface area contributed by atoms with Crippen LogP contribution in [0.3, 0.4) is 0 Å². The van der Waals surface area contributed by atoms with E-state index in [9.17, 15) is 0 Å². The van der Waals surface area contributed by atoms with Crippen molar-refractivity contribution in [1.29, 1.82) is 0 Å². The number of rotatable bonds is 15. The molecule has 0 saturated heterocycles. The van der Waals surface area contributed by atoms with Crippen molar-refractivity contribution in [2.75, 3.05) is 19.9 Å². The van der Waals surface area contributed by atoms with Crippen LogP contribution < -0.4 is 93.8 Å². The van der Waals surface area contributed by atoms with Gasteiger partial charge in [0.15, 0.2) is 0 Å². The summed E-state index contributed by atoms with van der Waals surface area (Å²) in [4.78, 5) is 0. The van der Waals surface area contributed by atoms with Gasteiger partial charge in [-0.3, -0.25) is 5.09 Å². The SMILES string of the molecule is CCCCCCCCCCCCCCCNP(C)C.[H-].[H-].[H-].[Na+].[Na+].[Na+]. The van der Waals surface area contributed by atoms with Crippen LogP contribution in [-0.4, -0.2) is 19.9 Å². The van der Waals surface area contributed by atoms with Crippen molar-refractivity contribution in [2.45, 2.75) is 90.4 Å². The van der Waals surface area contributed by atoms with Gasteiger partial charge in [-0.05, 0) is 34.4 Å². The van der Waals surface area contributed by atoms with Crippen LogP contribution in [0.25, 0.3) is 0 Å². The predicted molar refractivity (Wildman–Crippen MR) is 95.8 cm³/mol. The Hall–Kier alpha value is 3.39. The first kappa shape index (κ1) is 33.0. The van der Waals surface area contributed by atoms with Gasteiger partial charge >= 0.3 is 88.7 Å². The molecule has 5 heteroatoms. The molecule has 0 atom stereocenters. The molecule has 0 spiro atoms. The van der Waals surface area contributed by atoms with Gasteiger partial charge < -0.3 is 4.28 Å². The molecular weight excluding hydrogens is 318 g/mol. The smallest absolute Gasteiger partial charge is 1.00 e. The van der Waals surface area contributed by atoms with Crippen LogP contribution in [-0.2, 0) is 0 Å². The first-order valence-electron chi connectivity index (χ1n) is 8.68. The molecule has 0 fully saturated rings. The maximum atomic E-state index is 3.55. The van der Waals surface area contributed by atoms with Gasteiger partial charge in [0, 0.05) is 0 Å². The number of unbranched alkanes of at least 4 members (excludes halogenated alkanes) is 12. The second kappa shape index (κ2) is 29.2. The van der Waals surface area contributed by atoms with E-state index in [4.69, 9.17) is 0 Å². The first-order valence-corrected chi connectivity index (χ1v) is 10.9. The van der Waals surface area contributed by atoms with Crippen LogP contribution >= 0.6 is 8.07 Å². The zero-order chi connectivity index (χ0) is 14.2. The standard InChI is InChI=1S/C17H38NP.3Na.3H/c1-4-5-6-7-8-9-10-11-12-13-14-15-16-17-18-19(2)3;;;;;;/h18H,4-17H2,1-3H3;;;;;;/q;3*+1;3*-1. The van der Waals surface area contributed by atoms with Crippen LogP contribution in [0.4, 0.5) is 0 Å². The predicted octanol–water partition coefficient (Wildman–Crippen LogP) is -2.33. The van der Waals surface area contributed by atoms with Gasteiger partial charge in [0.25, 0.3) is 0 Å². The molecule has 0 radical (unpaired) electrons. The summed E-state index contributed by atoms with van der Waals surface area (Å²) in [6.45, 7) is 8.10. The van der Waals surface area contributed by atoms with Gasteiger partial charge in [0.05, 0.1) is 0 Å². The van der Waals surface area contributed by atoms with E-state index < -0.39 is 0 Å². The fourth-order valence-corrected chi connectivity index (χ4v) is 3.05. The van der Waals surface area contributed by atoms with E-state index in [-0.39, 0.29) is 101 Å². The molecule has 0 heterocycles. The van der Waals surface area contributed by atoms with Crippen LogP contribution in [0.2, 0.25) is 0 Å². The van der Waals surface area contributed by atoms with Crippen LogP contribution in [0, 0.1) is 0 Å². The molecule has 0 aliphatic heterocycles. The fraction of sp³-hybridized carbons (Fsp3) is 1.00. The van der Waals surface area contributed by atoms with Gasteiger partial charge in [-0.2, -0.15) is 0 Å². The third-order valence-corrected chi connectivity index (χ3v) is 4.56. The minimum absolute atomic E-state index is 0. The largest absolute Gasteiger partial charge is 1.00 e. The van der Waals surface area contributed by atoms with E-state index in [0.29, 0.717) is 0 Å². The van der Waals surface area contributed by atoms with Crippen molar-refractivity contribution in [3.05, 3.63) is 0 Å². The van der Waals surface area contributed by atoms with E-state index in [1.807, 2.05) is 0 Å². The maximum Gasteiger partial charge on any atom is 1.00 e. The summed E-state index contributed by atoms with van der Waals surface area (Å²) in [6, 6.07) is 0. The Morgan fingerprint density at radius 1 is 0.591 bits per heavy atom. The Morgan fingerprint density at radius 2 is 0.909 bits per heavy atom. The second-order valence-corrected chi connectivity index (χ2v) is 8.15. The third-order valence-electron chi connectivity index (χ3n) is 3.71. The summed E-state index contributed by atoms with van der Waals surface area (Å²) in [5.41, 5.74) is 0. The molecule has 0 aromatic heterocycles. The summed E-state index contributed by atoms with van der Waals surface area (Å²) < 4.78 is 0. The average Bonchev–Trinajstić information content (AvgIpc) is 2.39. The van der Waals surface area contributed by atoms with Crippen molar-refractivity contribution >= 4 is 8.07 Å². The second-order valence-electron chi connectivity index (χ2n) is 6.05. The summed E-state index contributed by atoms with van der Waals surface area (Å²) in [5, 5.41) is 3.55. The average molecular weight is 359 g/mol. The van der Waals surface area contributed by atoms with Crippen molar-refractivity contribution < 1.29 is 93.0 Å². The zero-order valence-corrected chi connectivity index (χ0v) is 23.7. The molecule has 0 aliphatic rings. The van der Waals surface area contributed by atoms with E-state index in [1.165, 1.54) is 90.0 Å². The molecule has 0 saturated carbocycles. The maximum absolute atomic E-state index is 3.55. The van der Waals surface area contributed by atoms with Crippen LogP contribution in [0.5, 0.6) is 0 Å². The monoisotopic (exact) mass is 359 g/mol. The molecule has 22 heavy (non-hydrogen) atoms. The van der Waals surface area contributed by atoms with Gasteiger partial charge in [-0.15, -0.1) is 0 Å². The molecule has 0 amide bonds. The van der Waals surface area contributed by atoms with Crippen molar-refractivity contribution in [2.24, 2.45) is 0 Å². The van der Waals surface area contributed by atoms with E-state index in [2.05, 4.69) is 25.3 Å². The van der Waals surface area contributed by atoms with Crippen LogP contribution in [0.15, 0.2) is 0 Å². The summed E-state index contributed by atoms with van der Waals surface area (Å²) in [7, 11) is 0.109. The molecule has 0 unspecified atom stereocenters. The van der Waals surface area contributed by atoms with Crippen molar-refractivity contribution in [3.63, 3.8) is 0 Å². The van der Waals surface area contributed by atoms with Crippen molar-refractivity contribution in [1.82, 2.24) is 5.09 Å². The van der Waals surface area contributed by atoms with E-state index in [1.54, 1.807) is 0 Å². The molecule has 0 rings (SSSR count). The van der Waals surface area contributed by atoms with Crippen LogP contribution in [0.1, 0.15) is 94.7 Å². The Morgan fingerprint density at radius 3 is 1.23 bits per heavy atom. The fourth-order valence-electron chi connectivity index (χ4n) is 2.45. The minimum Gasteiger partial charge on any atom is -1.00 e. The van der Waals surface area contributed by atoms with Gasteiger partial charge in [-0.1, -0.05) is 84.0 Å². The molecule has 0 aromatic rings. The third kappa shape index (κ3) is 31.2.